The third-order valence-corrected chi connectivity index (χ3v) is 4.14. The van der Waals surface area contributed by atoms with Crippen LogP contribution in [-0.4, -0.2) is 21.7 Å². The molecule has 0 radical (unpaired) electrons. The fourth-order valence-corrected chi connectivity index (χ4v) is 2.51. The summed E-state index contributed by atoms with van der Waals surface area (Å²) in [6.45, 7) is 0. The van der Waals surface area contributed by atoms with Crippen molar-refractivity contribution in [1.29, 1.82) is 0 Å². The van der Waals surface area contributed by atoms with E-state index < -0.39 is 21.7 Å². The molecule has 31 heavy (non-hydrogen) atoms. The van der Waals surface area contributed by atoms with Crippen molar-refractivity contribution < 1.29 is 19.4 Å². The molecule has 0 heterocycles. The Bertz CT molecular complexity index is 1130. The number of rotatable bonds is 7. The Kier molecular flexibility index (Phi) is 6.16. The summed E-state index contributed by atoms with van der Waals surface area (Å²) in [7, 11) is 0. The van der Waals surface area contributed by atoms with Crippen LogP contribution < -0.4 is 16.2 Å². The number of hydrogen-bond acceptors (Lipinski definition) is 7. The van der Waals surface area contributed by atoms with E-state index in [-0.39, 0.29) is 16.9 Å². The van der Waals surface area contributed by atoms with Crippen molar-refractivity contribution in [3.8, 4) is 0 Å². The quantitative estimate of drug-likeness (QED) is 0.389. The molecule has 11 nitrogen and oxygen atoms in total. The first-order valence-corrected chi connectivity index (χ1v) is 8.80. The smallest absolute Gasteiger partial charge is 0.269 e. The molecule has 3 N–H and O–H groups in total. The molecule has 2 amide bonds. The summed E-state index contributed by atoms with van der Waals surface area (Å²) in [5.41, 5.74) is 6.42. The molecule has 156 valence electrons. The largest absolute Gasteiger partial charge is 0.322 e. The summed E-state index contributed by atoms with van der Waals surface area (Å²) in [4.78, 5) is 44.6. The zero-order valence-electron chi connectivity index (χ0n) is 15.8. The van der Waals surface area contributed by atoms with Gasteiger partial charge in [-0.3, -0.25) is 40.7 Å². The molecule has 0 aliphatic heterocycles. The first-order valence-electron chi connectivity index (χ1n) is 8.80. The number of benzene rings is 3. The van der Waals surface area contributed by atoms with Gasteiger partial charge in [0.1, 0.15) is 0 Å². The second kappa shape index (κ2) is 9.13. The van der Waals surface area contributed by atoms with Gasteiger partial charge in [-0.05, 0) is 48.5 Å². The molecule has 3 aromatic rings. The summed E-state index contributed by atoms with van der Waals surface area (Å²) in [6.07, 6.45) is 0. The minimum atomic E-state index is -0.556. The Hall–Kier alpha value is -4.80. The SMILES string of the molecule is O=C(NNc1ccc(C(=O)Nc2ccc([N+](=O)[O-])cc2)cc1)c1ccc([N+](=O)[O-])cc1. The maximum absolute atomic E-state index is 12.3. The molecule has 0 saturated carbocycles. The maximum Gasteiger partial charge on any atom is 0.269 e. The summed E-state index contributed by atoms with van der Waals surface area (Å²) >= 11 is 0. The zero-order chi connectivity index (χ0) is 22.4. The van der Waals surface area contributed by atoms with Gasteiger partial charge in [0.15, 0.2) is 0 Å². The number of amides is 2. The van der Waals surface area contributed by atoms with Crippen LogP contribution in [0.5, 0.6) is 0 Å². The van der Waals surface area contributed by atoms with E-state index in [0.29, 0.717) is 16.9 Å². The van der Waals surface area contributed by atoms with Crippen molar-refractivity contribution in [1.82, 2.24) is 5.43 Å². The van der Waals surface area contributed by atoms with Crippen molar-refractivity contribution in [3.05, 3.63) is 104 Å². The number of nitro groups is 2. The van der Waals surface area contributed by atoms with E-state index in [1.807, 2.05) is 0 Å². The Balaban J connectivity index is 1.55. The van der Waals surface area contributed by atoms with Crippen LogP contribution in [0.25, 0.3) is 0 Å². The minimum Gasteiger partial charge on any atom is -0.322 e. The fraction of sp³-hybridized carbons (Fsp3) is 0. The van der Waals surface area contributed by atoms with E-state index >= 15 is 0 Å². The predicted octanol–water partition coefficient (Wildman–Crippen LogP) is 3.51. The van der Waals surface area contributed by atoms with Crippen molar-refractivity contribution >= 4 is 34.6 Å². The number of hydrazine groups is 1. The van der Waals surface area contributed by atoms with Crippen LogP contribution in [0, 0.1) is 20.2 Å². The maximum atomic E-state index is 12.3. The van der Waals surface area contributed by atoms with E-state index in [1.165, 1.54) is 60.7 Å². The Morgan fingerprint density at radius 1 is 0.613 bits per heavy atom. The number of anilines is 2. The molecule has 0 saturated heterocycles. The number of carbonyl (C=O) groups excluding carboxylic acids is 2. The van der Waals surface area contributed by atoms with Crippen LogP contribution in [0.3, 0.4) is 0 Å². The number of non-ortho nitro benzene ring substituents is 2. The fourth-order valence-electron chi connectivity index (χ4n) is 2.51. The lowest BCUT2D eigenvalue weighted by atomic mass is 10.2. The highest BCUT2D eigenvalue weighted by Gasteiger charge is 2.10. The number of nitro benzene ring substituents is 2. The topological polar surface area (TPSA) is 157 Å². The highest BCUT2D eigenvalue weighted by molar-refractivity contribution is 6.04. The van der Waals surface area contributed by atoms with Crippen molar-refractivity contribution in [2.24, 2.45) is 0 Å². The summed E-state index contributed by atoms with van der Waals surface area (Å²) < 4.78 is 0. The van der Waals surface area contributed by atoms with Gasteiger partial charge < -0.3 is 5.32 Å². The Morgan fingerprint density at radius 3 is 1.55 bits per heavy atom. The third-order valence-electron chi connectivity index (χ3n) is 4.14. The molecular formula is C20H15N5O6. The normalized spacial score (nSPS) is 10.1. The Morgan fingerprint density at radius 2 is 1.03 bits per heavy atom. The molecule has 0 aliphatic rings. The zero-order valence-corrected chi connectivity index (χ0v) is 15.8. The molecule has 0 unspecified atom stereocenters. The first kappa shape index (κ1) is 20.9. The van der Waals surface area contributed by atoms with Gasteiger partial charge in [0.2, 0.25) is 0 Å². The first-order chi connectivity index (χ1) is 14.8. The molecule has 0 fully saturated rings. The third kappa shape index (κ3) is 5.38. The van der Waals surface area contributed by atoms with Gasteiger partial charge in [0.25, 0.3) is 23.2 Å². The van der Waals surface area contributed by atoms with Gasteiger partial charge in [0.05, 0.1) is 15.5 Å². The van der Waals surface area contributed by atoms with Crippen molar-refractivity contribution in [2.45, 2.75) is 0 Å². The van der Waals surface area contributed by atoms with Gasteiger partial charge in [-0.2, -0.15) is 0 Å². The number of carbonyl (C=O) groups is 2. The van der Waals surface area contributed by atoms with Crippen LogP contribution in [0.1, 0.15) is 20.7 Å². The van der Waals surface area contributed by atoms with Gasteiger partial charge >= 0.3 is 0 Å². The lowest BCUT2D eigenvalue weighted by Gasteiger charge is -2.10. The highest BCUT2D eigenvalue weighted by Crippen LogP contribution is 2.17. The van der Waals surface area contributed by atoms with Crippen LogP contribution in [0.2, 0.25) is 0 Å². The van der Waals surface area contributed by atoms with Gasteiger partial charge in [-0.15, -0.1) is 0 Å². The van der Waals surface area contributed by atoms with E-state index in [9.17, 15) is 29.8 Å². The minimum absolute atomic E-state index is 0.0794. The van der Waals surface area contributed by atoms with Crippen molar-refractivity contribution in [2.75, 3.05) is 10.7 Å². The second-order valence-electron chi connectivity index (χ2n) is 6.22. The summed E-state index contributed by atoms with van der Waals surface area (Å²) in [5.74, 6) is -0.898. The second-order valence-corrected chi connectivity index (χ2v) is 6.22. The van der Waals surface area contributed by atoms with Gasteiger partial charge in [0, 0.05) is 41.1 Å². The van der Waals surface area contributed by atoms with E-state index in [2.05, 4.69) is 16.2 Å². The van der Waals surface area contributed by atoms with Crippen LogP contribution in [-0.2, 0) is 0 Å². The monoisotopic (exact) mass is 421 g/mol. The molecule has 0 spiro atoms. The van der Waals surface area contributed by atoms with Crippen molar-refractivity contribution in [3.63, 3.8) is 0 Å². The molecule has 0 atom stereocenters. The Labute approximate surface area is 175 Å². The van der Waals surface area contributed by atoms with Crippen LogP contribution >= 0.6 is 0 Å². The molecule has 0 aromatic heterocycles. The number of nitrogens with one attached hydrogen (secondary N) is 3. The highest BCUT2D eigenvalue weighted by atomic mass is 16.6. The average Bonchev–Trinajstić information content (AvgIpc) is 2.78. The molecular weight excluding hydrogens is 406 g/mol. The summed E-state index contributed by atoms with van der Waals surface area (Å²) in [6, 6.07) is 16.8. The predicted molar refractivity (Wildman–Crippen MR) is 112 cm³/mol. The van der Waals surface area contributed by atoms with Gasteiger partial charge in [-0.25, -0.2) is 0 Å². The number of nitrogens with zero attached hydrogens (tertiary/aromatic N) is 2. The summed E-state index contributed by atoms with van der Waals surface area (Å²) in [5, 5.41) is 23.9. The molecule has 3 aromatic carbocycles. The number of hydrogen-bond donors (Lipinski definition) is 3. The standard InChI is InChI=1S/C20H15N5O6/c26-19(21-15-7-11-18(12-8-15)25(30)31)13-1-5-16(6-2-13)22-23-20(27)14-3-9-17(10-4-14)24(28)29/h1-12,22H,(H,21,26)(H,23,27). The molecule has 11 heteroatoms. The van der Waals surface area contributed by atoms with Crippen LogP contribution in [0.15, 0.2) is 72.8 Å². The average molecular weight is 421 g/mol. The lowest BCUT2D eigenvalue weighted by molar-refractivity contribution is -0.385. The van der Waals surface area contributed by atoms with E-state index in [0.717, 1.165) is 0 Å². The van der Waals surface area contributed by atoms with Crippen LogP contribution in [0.4, 0.5) is 22.7 Å². The van der Waals surface area contributed by atoms with E-state index in [4.69, 9.17) is 0 Å². The molecule has 3 rings (SSSR count). The van der Waals surface area contributed by atoms with E-state index in [1.54, 1.807) is 12.1 Å². The molecule has 0 aliphatic carbocycles. The van der Waals surface area contributed by atoms with Gasteiger partial charge in [-0.1, -0.05) is 0 Å². The lowest BCUT2D eigenvalue weighted by Crippen LogP contribution is -2.29. The molecule has 0 bridgehead atoms.